The first-order valence-corrected chi connectivity index (χ1v) is 2.77. The Balaban J connectivity index is 3.92. The van der Waals surface area contributed by atoms with Crippen molar-refractivity contribution in [3.8, 4) is 6.07 Å². The molecule has 0 N–H and O–H groups in total. The van der Waals surface area contributed by atoms with Gasteiger partial charge in [-0.25, -0.2) is 0 Å². The van der Waals surface area contributed by atoms with Crippen LogP contribution in [0.3, 0.4) is 0 Å². The Hall–Kier alpha value is -1.37. The maximum atomic E-state index is 10.5. The number of rotatable bonds is 3. The largest absolute Gasteiger partial charge is 0.465 e. The van der Waals surface area contributed by atoms with Crippen LogP contribution in [0.25, 0.3) is 0 Å². The first-order chi connectivity index (χ1) is 4.76. The van der Waals surface area contributed by atoms with Crippen LogP contribution in [-0.4, -0.2) is 18.9 Å². The lowest BCUT2D eigenvalue weighted by molar-refractivity contribution is -0.147. The third kappa shape index (κ3) is 2.27. The van der Waals surface area contributed by atoms with Crippen LogP contribution in [0.2, 0.25) is 0 Å². The Kier molecular flexibility index (Phi) is 3.89. The van der Waals surface area contributed by atoms with Gasteiger partial charge in [-0.3, -0.25) is 4.79 Å². The number of carbonyl (C=O) groups excluding carboxylic acids is 2. The molecular weight excluding hydrogens is 134 g/mol. The van der Waals surface area contributed by atoms with Gasteiger partial charge < -0.3 is 9.53 Å². The minimum Gasteiger partial charge on any atom is -0.465 e. The van der Waals surface area contributed by atoms with Crippen molar-refractivity contribution in [2.45, 2.75) is 6.92 Å². The van der Waals surface area contributed by atoms with Gasteiger partial charge in [0.25, 0.3) is 0 Å². The van der Waals surface area contributed by atoms with Gasteiger partial charge in [-0.15, -0.1) is 0 Å². The molecule has 54 valence electrons. The number of hydrogen-bond donors (Lipinski definition) is 0. The van der Waals surface area contributed by atoms with Gasteiger partial charge in [-0.05, 0) is 6.92 Å². The van der Waals surface area contributed by atoms with Crippen molar-refractivity contribution in [2.75, 3.05) is 6.61 Å². The van der Waals surface area contributed by atoms with E-state index in [9.17, 15) is 9.59 Å². The maximum absolute atomic E-state index is 10.5. The van der Waals surface area contributed by atoms with E-state index in [4.69, 9.17) is 5.26 Å². The van der Waals surface area contributed by atoms with Crippen LogP contribution in [0.5, 0.6) is 0 Å². The fourth-order valence-corrected chi connectivity index (χ4v) is 0.371. The number of ether oxygens (including phenoxy) is 1. The van der Waals surface area contributed by atoms with E-state index in [-0.39, 0.29) is 12.9 Å². The van der Waals surface area contributed by atoms with Gasteiger partial charge in [-0.1, -0.05) is 0 Å². The Morgan fingerprint density at radius 1 is 1.90 bits per heavy atom. The number of nitriles is 1. The molecule has 0 saturated carbocycles. The molecule has 4 heteroatoms. The zero-order chi connectivity index (χ0) is 7.98. The first kappa shape index (κ1) is 8.63. The number of nitrogens with zero attached hydrogens (tertiary/aromatic N) is 1. The number of hydrogen-bond acceptors (Lipinski definition) is 4. The van der Waals surface area contributed by atoms with E-state index in [1.54, 1.807) is 6.92 Å². The van der Waals surface area contributed by atoms with E-state index in [1.807, 2.05) is 0 Å². The monoisotopic (exact) mass is 141 g/mol. The molecular formula is C6H7NO3. The van der Waals surface area contributed by atoms with Crippen molar-refractivity contribution in [3.63, 3.8) is 0 Å². The van der Waals surface area contributed by atoms with Crippen molar-refractivity contribution < 1.29 is 14.3 Å². The van der Waals surface area contributed by atoms with Crippen molar-refractivity contribution in [2.24, 2.45) is 5.92 Å². The summed E-state index contributed by atoms with van der Waals surface area (Å²) in [4.78, 5) is 20.5. The van der Waals surface area contributed by atoms with Crippen molar-refractivity contribution in [1.82, 2.24) is 0 Å². The summed E-state index contributed by atoms with van der Waals surface area (Å²) in [5, 5.41) is 8.14. The van der Waals surface area contributed by atoms with Crippen LogP contribution < -0.4 is 0 Å². The lowest BCUT2D eigenvalue weighted by Crippen LogP contribution is -2.16. The summed E-state index contributed by atoms with van der Waals surface area (Å²) >= 11 is 0. The second kappa shape index (κ2) is 4.50. The average molecular weight is 141 g/mol. The van der Waals surface area contributed by atoms with Crippen molar-refractivity contribution >= 4 is 12.3 Å². The van der Waals surface area contributed by atoms with Crippen LogP contribution in [0.4, 0.5) is 0 Å². The number of esters is 1. The molecule has 0 spiro atoms. The molecule has 0 rings (SSSR count). The molecule has 10 heavy (non-hydrogen) atoms. The van der Waals surface area contributed by atoms with Gasteiger partial charge in [0.1, 0.15) is 6.29 Å². The quantitative estimate of drug-likeness (QED) is 0.312. The van der Waals surface area contributed by atoms with Gasteiger partial charge in [0.2, 0.25) is 0 Å². The van der Waals surface area contributed by atoms with E-state index in [2.05, 4.69) is 4.74 Å². The van der Waals surface area contributed by atoms with Crippen molar-refractivity contribution in [3.05, 3.63) is 0 Å². The minimum absolute atomic E-state index is 0.185. The Labute approximate surface area is 58.4 Å². The molecule has 0 fully saturated rings. The molecule has 0 saturated heterocycles. The average Bonchev–Trinajstić information content (AvgIpc) is 1.91. The van der Waals surface area contributed by atoms with E-state index >= 15 is 0 Å². The summed E-state index contributed by atoms with van der Waals surface area (Å²) in [6, 6.07) is 1.49. The normalized spacial score (nSPS) is 11.2. The van der Waals surface area contributed by atoms with Crippen molar-refractivity contribution in [1.29, 1.82) is 5.26 Å². The van der Waals surface area contributed by atoms with Gasteiger partial charge in [0, 0.05) is 0 Å². The lowest BCUT2D eigenvalue weighted by Gasteiger charge is -1.99. The molecule has 0 radical (unpaired) electrons. The Morgan fingerprint density at radius 3 is 2.80 bits per heavy atom. The molecule has 1 unspecified atom stereocenters. The van der Waals surface area contributed by atoms with Gasteiger partial charge in [0.15, 0.2) is 5.92 Å². The van der Waals surface area contributed by atoms with Gasteiger partial charge in [0.05, 0.1) is 12.7 Å². The highest BCUT2D eigenvalue weighted by Gasteiger charge is 2.16. The van der Waals surface area contributed by atoms with Crippen LogP contribution in [-0.2, 0) is 14.3 Å². The maximum Gasteiger partial charge on any atom is 0.330 e. The first-order valence-electron chi connectivity index (χ1n) is 2.77. The Bertz CT molecular complexity index is 170. The zero-order valence-electron chi connectivity index (χ0n) is 5.53. The predicted octanol–water partition coefficient (Wildman–Crippen LogP) is -0.112. The van der Waals surface area contributed by atoms with Crippen LogP contribution >= 0.6 is 0 Å². The Morgan fingerprint density at radius 2 is 2.50 bits per heavy atom. The summed E-state index contributed by atoms with van der Waals surface area (Å²) in [5.41, 5.74) is 0. The molecule has 0 bridgehead atoms. The second-order valence-corrected chi connectivity index (χ2v) is 1.49. The van der Waals surface area contributed by atoms with E-state index in [0.717, 1.165) is 0 Å². The minimum atomic E-state index is -1.26. The van der Waals surface area contributed by atoms with E-state index in [1.165, 1.54) is 6.07 Å². The van der Waals surface area contributed by atoms with Gasteiger partial charge >= 0.3 is 5.97 Å². The zero-order valence-corrected chi connectivity index (χ0v) is 5.53. The SMILES string of the molecule is CCOC(=O)C(C#N)C=O. The molecule has 0 aromatic rings. The summed E-state index contributed by atoms with van der Waals surface area (Å²) in [6.07, 6.45) is 0.262. The molecule has 0 aromatic heterocycles. The molecule has 0 heterocycles. The summed E-state index contributed by atoms with van der Waals surface area (Å²) < 4.78 is 4.39. The van der Waals surface area contributed by atoms with E-state index < -0.39 is 11.9 Å². The molecule has 0 aliphatic heterocycles. The summed E-state index contributed by atoms with van der Waals surface area (Å²) in [5.74, 6) is -2.04. The number of carbonyl (C=O) groups is 2. The van der Waals surface area contributed by atoms with Crippen LogP contribution in [0.1, 0.15) is 6.92 Å². The molecule has 0 aromatic carbocycles. The molecule has 0 aliphatic carbocycles. The smallest absolute Gasteiger partial charge is 0.330 e. The summed E-state index contributed by atoms with van der Waals surface area (Å²) in [6.45, 7) is 1.79. The second-order valence-electron chi connectivity index (χ2n) is 1.49. The highest BCUT2D eigenvalue weighted by molar-refractivity contribution is 5.90. The lowest BCUT2D eigenvalue weighted by atomic mass is 10.2. The van der Waals surface area contributed by atoms with Crippen LogP contribution in [0.15, 0.2) is 0 Å². The third-order valence-electron chi connectivity index (χ3n) is 0.816. The standard InChI is InChI=1S/C6H7NO3/c1-2-10-6(9)5(3-7)4-8/h4-5H,2H2,1H3. The van der Waals surface area contributed by atoms with Gasteiger partial charge in [-0.2, -0.15) is 5.26 Å². The number of aldehydes is 1. The molecule has 1 atom stereocenters. The third-order valence-corrected chi connectivity index (χ3v) is 0.816. The van der Waals surface area contributed by atoms with Crippen LogP contribution in [0, 0.1) is 17.2 Å². The van der Waals surface area contributed by atoms with E-state index in [0.29, 0.717) is 0 Å². The predicted molar refractivity (Wildman–Crippen MR) is 31.8 cm³/mol. The topological polar surface area (TPSA) is 67.2 Å². The fraction of sp³-hybridized carbons (Fsp3) is 0.500. The molecule has 0 aliphatic rings. The fourth-order valence-electron chi connectivity index (χ4n) is 0.371. The summed E-state index contributed by atoms with van der Waals surface area (Å²) in [7, 11) is 0. The molecule has 4 nitrogen and oxygen atoms in total. The highest BCUT2D eigenvalue weighted by Crippen LogP contribution is 1.92. The molecule has 0 amide bonds. The highest BCUT2D eigenvalue weighted by atomic mass is 16.5.